The van der Waals surface area contributed by atoms with E-state index in [-0.39, 0.29) is 22.1 Å². The van der Waals surface area contributed by atoms with Crippen LogP contribution in [0.15, 0.2) is 16.6 Å². The van der Waals surface area contributed by atoms with Gasteiger partial charge in [0.15, 0.2) is 0 Å². The number of rotatable bonds is 5. The fourth-order valence-electron chi connectivity index (χ4n) is 4.27. The molecule has 0 heterocycles. The molecule has 0 amide bonds. The molecule has 1 aromatic rings. The molecule has 0 saturated heterocycles. The number of fused-ring (bicyclic) bond motifs is 2. The number of nitrogens with one attached hydrogen (secondary N) is 1. The first-order valence-electron chi connectivity index (χ1n) is 7.98. The van der Waals surface area contributed by atoms with E-state index >= 15 is 0 Å². The second kappa shape index (κ2) is 6.33. The predicted molar refractivity (Wildman–Crippen MR) is 84.0 cm³/mol. The van der Waals surface area contributed by atoms with Gasteiger partial charge in [-0.1, -0.05) is 13.3 Å². The van der Waals surface area contributed by atoms with Gasteiger partial charge in [0.05, 0.1) is 4.47 Å². The second-order valence-electron chi connectivity index (χ2n) is 6.56. The minimum atomic E-state index is -0.377. The quantitative estimate of drug-likeness (QED) is 0.713. The van der Waals surface area contributed by atoms with Crippen LogP contribution in [0.2, 0.25) is 0 Å². The Kier molecular flexibility index (Phi) is 4.65. The largest absolute Gasteiger partial charge is 0.310 e. The number of hydrogen-bond acceptors (Lipinski definition) is 1. The molecule has 2 bridgehead atoms. The van der Waals surface area contributed by atoms with Crippen LogP contribution in [-0.2, 0) is 0 Å². The van der Waals surface area contributed by atoms with Gasteiger partial charge in [0.2, 0.25) is 0 Å². The van der Waals surface area contributed by atoms with Crippen LogP contribution in [0.25, 0.3) is 0 Å². The SMILES string of the molecule is CCCNC(c1cc(F)c(Br)cc1F)C1CC2CCC1C2. The van der Waals surface area contributed by atoms with Crippen molar-refractivity contribution in [1.82, 2.24) is 5.32 Å². The van der Waals surface area contributed by atoms with Gasteiger partial charge in [-0.05, 0) is 78.0 Å². The highest BCUT2D eigenvalue weighted by atomic mass is 79.9. The van der Waals surface area contributed by atoms with Gasteiger partial charge >= 0.3 is 0 Å². The molecule has 4 unspecified atom stereocenters. The molecule has 0 aliphatic heterocycles. The number of hydrogen-bond donors (Lipinski definition) is 1. The van der Waals surface area contributed by atoms with Crippen LogP contribution in [0.1, 0.15) is 50.6 Å². The summed E-state index contributed by atoms with van der Waals surface area (Å²) in [6.45, 7) is 2.94. The molecule has 21 heavy (non-hydrogen) atoms. The molecule has 2 saturated carbocycles. The summed E-state index contributed by atoms with van der Waals surface area (Å²) in [5.74, 6) is 1.24. The lowest BCUT2D eigenvalue weighted by Gasteiger charge is -2.32. The Morgan fingerprint density at radius 1 is 1.24 bits per heavy atom. The maximum absolute atomic E-state index is 14.4. The standard InChI is InChI=1S/C17H22BrF2N/c1-2-5-21-17(12-7-10-3-4-11(12)6-10)13-8-16(20)14(18)9-15(13)19/h8-12,17,21H,2-7H2,1H3. The fraction of sp³-hybridized carbons (Fsp3) is 0.647. The number of halogens is 3. The van der Waals surface area contributed by atoms with Crippen molar-refractivity contribution < 1.29 is 8.78 Å². The first kappa shape index (κ1) is 15.4. The summed E-state index contributed by atoms with van der Waals surface area (Å²) in [5.41, 5.74) is 0.502. The molecule has 0 aromatic heterocycles. The van der Waals surface area contributed by atoms with E-state index in [0.29, 0.717) is 17.4 Å². The van der Waals surface area contributed by atoms with Gasteiger partial charge in [0.25, 0.3) is 0 Å². The van der Waals surface area contributed by atoms with Crippen molar-refractivity contribution in [3.8, 4) is 0 Å². The van der Waals surface area contributed by atoms with Crippen LogP contribution < -0.4 is 5.32 Å². The zero-order chi connectivity index (χ0) is 15.0. The van der Waals surface area contributed by atoms with Crippen molar-refractivity contribution >= 4 is 15.9 Å². The lowest BCUT2D eigenvalue weighted by molar-refractivity contribution is 0.246. The Balaban J connectivity index is 1.90. The Morgan fingerprint density at radius 3 is 2.67 bits per heavy atom. The normalized spacial score (nSPS) is 29.0. The molecular weight excluding hydrogens is 336 g/mol. The van der Waals surface area contributed by atoms with Crippen LogP contribution in [0.3, 0.4) is 0 Å². The summed E-state index contributed by atoms with van der Waals surface area (Å²) < 4.78 is 28.4. The molecule has 2 aliphatic carbocycles. The lowest BCUT2D eigenvalue weighted by atomic mass is 9.80. The molecule has 116 valence electrons. The molecule has 1 N–H and O–H groups in total. The van der Waals surface area contributed by atoms with Crippen molar-refractivity contribution in [1.29, 1.82) is 0 Å². The minimum absolute atomic E-state index is 0.0529. The average Bonchev–Trinajstić information content (AvgIpc) is 3.07. The molecule has 4 heteroatoms. The topological polar surface area (TPSA) is 12.0 Å². The van der Waals surface area contributed by atoms with Crippen molar-refractivity contribution in [3.05, 3.63) is 33.8 Å². The van der Waals surface area contributed by atoms with Crippen LogP contribution in [0.5, 0.6) is 0 Å². The summed E-state index contributed by atoms with van der Waals surface area (Å²) in [5, 5.41) is 3.48. The predicted octanol–water partition coefficient (Wildman–Crippen LogP) is 5.20. The highest BCUT2D eigenvalue weighted by Gasteiger charge is 2.44. The molecule has 0 radical (unpaired) electrons. The van der Waals surface area contributed by atoms with Crippen LogP contribution in [-0.4, -0.2) is 6.54 Å². The summed E-state index contributed by atoms with van der Waals surface area (Å²) in [6.07, 6.45) is 6.00. The molecule has 4 atom stereocenters. The van der Waals surface area contributed by atoms with Gasteiger partial charge in [-0.25, -0.2) is 8.78 Å². The molecular formula is C17H22BrF2N. The lowest BCUT2D eigenvalue weighted by Crippen LogP contribution is -2.32. The Bertz CT molecular complexity index is 520. The highest BCUT2D eigenvalue weighted by molar-refractivity contribution is 9.10. The summed E-state index contributed by atoms with van der Waals surface area (Å²) in [4.78, 5) is 0. The van der Waals surface area contributed by atoms with E-state index in [0.717, 1.165) is 25.3 Å². The van der Waals surface area contributed by atoms with Gasteiger partial charge in [0.1, 0.15) is 11.6 Å². The Hall–Kier alpha value is -0.480. The summed E-state index contributed by atoms with van der Waals surface area (Å²) >= 11 is 3.06. The third-order valence-electron chi connectivity index (χ3n) is 5.21. The monoisotopic (exact) mass is 357 g/mol. The van der Waals surface area contributed by atoms with E-state index in [4.69, 9.17) is 0 Å². The zero-order valence-corrected chi connectivity index (χ0v) is 13.9. The molecule has 1 nitrogen and oxygen atoms in total. The van der Waals surface area contributed by atoms with Crippen molar-refractivity contribution in [2.24, 2.45) is 17.8 Å². The molecule has 1 aromatic carbocycles. The van der Waals surface area contributed by atoms with Gasteiger partial charge in [0, 0.05) is 11.6 Å². The van der Waals surface area contributed by atoms with Crippen LogP contribution in [0.4, 0.5) is 8.78 Å². The third-order valence-corrected chi connectivity index (χ3v) is 5.82. The van der Waals surface area contributed by atoms with E-state index in [9.17, 15) is 8.78 Å². The summed E-state index contributed by atoms with van der Waals surface area (Å²) in [6, 6.07) is 2.58. The average molecular weight is 358 g/mol. The Labute approximate surface area is 133 Å². The van der Waals surface area contributed by atoms with Gasteiger partial charge in [-0.3, -0.25) is 0 Å². The fourth-order valence-corrected chi connectivity index (χ4v) is 4.59. The maximum atomic E-state index is 14.4. The minimum Gasteiger partial charge on any atom is -0.310 e. The highest BCUT2D eigenvalue weighted by Crippen LogP contribution is 2.52. The zero-order valence-electron chi connectivity index (χ0n) is 12.3. The van der Waals surface area contributed by atoms with Gasteiger partial charge in [-0.15, -0.1) is 0 Å². The van der Waals surface area contributed by atoms with E-state index < -0.39 is 0 Å². The number of benzene rings is 1. The van der Waals surface area contributed by atoms with E-state index in [1.807, 2.05) is 0 Å². The maximum Gasteiger partial charge on any atom is 0.137 e. The van der Waals surface area contributed by atoms with Crippen LogP contribution in [0, 0.1) is 29.4 Å². The summed E-state index contributed by atoms with van der Waals surface area (Å²) in [7, 11) is 0. The van der Waals surface area contributed by atoms with E-state index in [1.54, 1.807) is 0 Å². The van der Waals surface area contributed by atoms with Crippen molar-refractivity contribution in [2.45, 2.75) is 45.1 Å². The smallest absolute Gasteiger partial charge is 0.137 e. The van der Waals surface area contributed by atoms with Gasteiger partial charge < -0.3 is 5.32 Å². The van der Waals surface area contributed by atoms with E-state index in [1.165, 1.54) is 31.4 Å². The van der Waals surface area contributed by atoms with Crippen molar-refractivity contribution in [3.63, 3.8) is 0 Å². The van der Waals surface area contributed by atoms with E-state index in [2.05, 4.69) is 28.2 Å². The molecule has 2 fully saturated rings. The second-order valence-corrected chi connectivity index (χ2v) is 7.41. The first-order chi connectivity index (χ1) is 10.1. The third kappa shape index (κ3) is 3.02. The Morgan fingerprint density at radius 2 is 2.05 bits per heavy atom. The van der Waals surface area contributed by atoms with Crippen molar-refractivity contribution in [2.75, 3.05) is 6.54 Å². The molecule has 0 spiro atoms. The first-order valence-corrected chi connectivity index (χ1v) is 8.77. The molecule has 2 aliphatic rings. The van der Waals surface area contributed by atoms with Gasteiger partial charge in [-0.2, -0.15) is 0 Å². The van der Waals surface area contributed by atoms with Crippen LogP contribution >= 0.6 is 15.9 Å². The molecule has 3 rings (SSSR count).